The van der Waals surface area contributed by atoms with Crippen LogP contribution in [0, 0.1) is 12.8 Å². The van der Waals surface area contributed by atoms with Crippen molar-refractivity contribution in [3.63, 3.8) is 0 Å². The number of piperidine rings is 1. The number of fused-ring (bicyclic) bond motifs is 1. The Morgan fingerprint density at radius 2 is 2.00 bits per heavy atom. The number of nitrogens with zero attached hydrogens (tertiary/aromatic N) is 6. The lowest BCUT2D eigenvalue weighted by atomic mass is 9.97. The fourth-order valence-corrected chi connectivity index (χ4v) is 3.46. The van der Waals surface area contributed by atoms with Crippen molar-refractivity contribution in [2.75, 3.05) is 37.8 Å². The molecule has 0 aromatic carbocycles. The lowest BCUT2D eigenvalue weighted by Crippen LogP contribution is -2.39. The Bertz CT molecular complexity index is 795. The van der Waals surface area contributed by atoms with Crippen LogP contribution in [0.5, 0.6) is 0 Å². The molecule has 3 rings (SSSR count). The summed E-state index contributed by atoms with van der Waals surface area (Å²) in [5.41, 5.74) is 0.775. The zero-order valence-corrected chi connectivity index (χ0v) is 14.5. The standard InChI is InChI=1S/C14H22N6O2S/c1-11-16-17-14-13(15-6-9-20(11)14)19-7-4-12(5-8-19)10-18(2)23(3,21)22/h6,9,12H,4-5,7-8,10H2,1-3H3. The van der Waals surface area contributed by atoms with Crippen molar-refractivity contribution in [2.45, 2.75) is 19.8 Å². The third-order valence-corrected chi connectivity index (χ3v) is 5.76. The average molecular weight is 338 g/mol. The molecule has 2 aromatic rings. The first kappa shape index (κ1) is 16.1. The Labute approximate surface area is 136 Å². The van der Waals surface area contributed by atoms with E-state index in [0.29, 0.717) is 12.5 Å². The molecule has 0 unspecified atom stereocenters. The number of rotatable bonds is 4. The van der Waals surface area contributed by atoms with Gasteiger partial charge in [0.25, 0.3) is 0 Å². The van der Waals surface area contributed by atoms with E-state index < -0.39 is 10.0 Å². The lowest BCUT2D eigenvalue weighted by Gasteiger charge is -2.34. The summed E-state index contributed by atoms with van der Waals surface area (Å²) in [6.45, 7) is 4.19. The molecule has 0 radical (unpaired) electrons. The molecule has 2 aromatic heterocycles. The predicted octanol–water partition coefficient (Wildman–Crippen LogP) is 0.541. The second-order valence-corrected chi connectivity index (χ2v) is 8.25. The Morgan fingerprint density at radius 1 is 1.30 bits per heavy atom. The molecule has 8 nitrogen and oxygen atoms in total. The first-order valence-electron chi connectivity index (χ1n) is 7.69. The maximum atomic E-state index is 11.5. The van der Waals surface area contributed by atoms with Crippen LogP contribution in [0.3, 0.4) is 0 Å². The molecule has 0 aliphatic carbocycles. The van der Waals surface area contributed by atoms with Crippen molar-refractivity contribution in [1.82, 2.24) is 23.9 Å². The van der Waals surface area contributed by atoms with Crippen LogP contribution in [0.4, 0.5) is 5.82 Å². The van der Waals surface area contributed by atoms with Crippen molar-refractivity contribution in [2.24, 2.45) is 5.92 Å². The number of aryl methyl sites for hydroxylation is 1. The zero-order chi connectivity index (χ0) is 16.6. The van der Waals surface area contributed by atoms with E-state index in [1.165, 1.54) is 10.6 Å². The minimum absolute atomic E-state index is 0.380. The predicted molar refractivity (Wildman–Crippen MR) is 87.9 cm³/mol. The molecule has 126 valence electrons. The van der Waals surface area contributed by atoms with Gasteiger partial charge in [-0.2, -0.15) is 0 Å². The monoisotopic (exact) mass is 338 g/mol. The summed E-state index contributed by atoms with van der Waals surface area (Å²) in [4.78, 5) is 6.67. The van der Waals surface area contributed by atoms with Crippen LogP contribution < -0.4 is 4.90 Å². The van der Waals surface area contributed by atoms with Crippen LogP contribution in [0.2, 0.25) is 0 Å². The third kappa shape index (κ3) is 3.30. The van der Waals surface area contributed by atoms with E-state index in [9.17, 15) is 8.42 Å². The highest BCUT2D eigenvalue weighted by atomic mass is 32.2. The van der Waals surface area contributed by atoms with E-state index in [1.54, 1.807) is 13.2 Å². The normalized spacial score (nSPS) is 17.3. The highest BCUT2D eigenvalue weighted by Gasteiger charge is 2.25. The SMILES string of the molecule is Cc1nnc2c(N3CCC(CN(C)S(C)(=O)=O)CC3)nccn12. The number of hydrogen-bond acceptors (Lipinski definition) is 6. The molecule has 1 aliphatic rings. The van der Waals surface area contributed by atoms with Crippen LogP contribution in [0.15, 0.2) is 12.4 Å². The molecule has 1 aliphatic heterocycles. The van der Waals surface area contributed by atoms with Crippen molar-refractivity contribution < 1.29 is 8.42 Å². The van der Waals surface area contributed by atoms with E-state index in [4.69, 9.17) is 0 Å². The van der Waals surface area contributed by atoms with E-state index in [0.717, 1.165) is 43.2 Å². The van der Waals surface area contributed by atoms with Gasteiger partial charge >= 0.3 is 0 Å². The number of sulfonamides is 1. The van der Waals surface area contributed by atoms with Crippen LogP contribution in [0.25, 0.3) is 5.65 Å². The van der Waals surface area contributed by atoms with Gasteiger partial charge in [0.2, 0.25) is 15.7 Å². The van der Waals surface area contributed by atoms with Gasteiger partial charge < -0.3 is 4.90 Å². The van der Waals surface area contributed by atoms with Crippen molar-refractivity contribution in [1.29, 1.82) is 0 Å². The average Bonchev–Trinajstić information content (AvgIpc) is 2.89. The topological polar surface area (TPSA) is 83.7 Å². The maximum absolute atomic E-state index is 11.5. The van der Waals surface area contributed by atoms with E-state index in [2.05, 4.69) is 20.1 Å². The number of anilines is 1. The summed E-state index contributed by atoms with van der Waals surface area (Å²) in [5.74, 6) is 2.07. The van der Waals surface area contributed by atoms with Crippen LogP contribution >= 0.6 is 0 Å². The van der Waals surface area contributed by atoms with Gasteiger partial charge in [0.15, 0.2) is 5.82 Å². The number of hydrogen-bond donors (Lipinski definition) is 0. The minimum atomic E-state index is -3.11. The summed E-state index contributed by atoms with van der Waals surface area (Å²) in [6.07, 6.45) is 6.76. The maximum Gasteiger partial charge on any atom is 0.210 e. The first-order chi connectivity index (χ1) is 10.9. The second kappa shape index (κ2) is 6.04. The van der Waals surface area contributed by atoms with Gasteiger partial charge in [-0.15, -0.1) is 10.2 Å². The molecule has 0 saturated carbocycles. The van der Waals surface area contributed by atoms with Gasteiger partial charge in [0.1, 0.15) is 5.82 Å². The molecule has 0 N–H and O–H groups in total. The molecule has 3 heterocycles. The van der Waals surface area contributed by atoms with Gasteiger partial charge in [0, 0.05) is 39.1 Å². The highest BCUT2D eigenvalue weighted by molar-refractivity contribution is 7.88. The summed E-state index contributed by atoms with van der Waals surface area (Å²) >= 11 is 0. The molecule has 0 atom stereocenters. The van der Waals surface area contributed by atoms with E-state index in [-0.39, 0.29) is 0 Å². The van der Waals surface area contributed by atoms with Crippen molar-refractivity contribution in [3.8, 4) is 0 Å². The Morgan fingerprint density at radius 3 is 2.65 bits per heavy atom. The molecule has 9 heteroatoms. The Hall–Kier alpha value is -1.74. The van der Waals surface area contributed by atoms with Gasteiger partial charge in [0.05, 0.1) is 6.26 Å². The molecular weight excluding hydrogens is 316 g/mol. The van der Waals surface area contributed by atoms with Gasteiger partial charge in [-0.1, -0.05) is 0 Å². The molecule has 1 saturated heterocycles. The van der Waals surface area contributed by atoms with Gasteiger partial charge in [-0.25, -0.2) is 17.7 Å². The van der Waals surface area contributed by atoms with Gasteiger partial charge in [-0.3, -0.25) is 4.40 Å². The summed E-state index contributed by atoms with van der Waals surface area (Å²) in [6, 6.07) is 0. The summed E-state index contributed by atoms with van der Waals surface area (Å²) in [7, 11) is -1.47. The molecule has 1 fully saturated rings. The highest BCUT2D eigenvalue weighted by Crippen LogP contribution is 2.25. The molecular formula is C14H22N6O2S. The quantitative estimate of drug-likeness (QED) is 0.809. The van der Waals surface area contributed by atoms with Crippen LogP contribution in [-0.4, -0.2) is 65.2 Å². The minimum Gasteiger partial charge on any atom is -0.353 e. The fourth-order valence-electron chi connectivity index (χ4n) is 2.98. The molecule has 0 amide bonds. The van der Waals surface area contributed by atoms with E-state index in [1.807, 2.05) is 17.5 Å². The fraction of sp³-hybridized carbons (Fsp3) is 0.643. The molecule has 0 spiro atoms. The van der Waals surface area contributed by atoms with Crippen LogP contribution in [0.1, 0.15) is 18.7 Å². The first-order valence-corrected chi connectivity index (χ1v) is 9.53. The second-order valence-electron chi connectivity index (χ2n) is 6.17. The zero-order valence-electron chi connectivity index (χ0n) is 13.7. The lowest BCUT2D eigenvalue weighted by molar-refractivity contribution is 0.329. The third-order valence-electron chi connectivity index (χ3n) is 4.47. The Balaban J connectivity index is 1.69. The molecule has 0 bridgehead atoms. The van der Waals surface area contributed by atoms with Crippen molar-refractivity contribution in [3.05, 3.63) is 18.2 Å². The van der Waals surface area contributed by atoms with E-state index >= 15 is 0 Å². The van der Waals surface area contributed by atoms with Crippen molar-refractivity contribution >= 4 is 21.5 Å². The van der Waals surface area contributed by atoms with Crippen LogP contribution in [-0.2, 0) is 10.0 Å². The van der Waals surface area contributed by atoms with Gasteiger partial charge in [-0.05, 0) is 25.7 Å². The molecule has 23 heavy (non-hydrogen) atoms. The summed E-state index contributed by atoms with van der Waals surface area (Å²) in [5, 5.41) is 8.32. The smallest absolute Gasteiger partial charge is 0.210 e. The Kier molecular flexibility index (Phi) is 4.24. The largest absolute Gasteiger partial charge is 0.353 e. The number of aromatic nitrogens is 4. The summed E-state index contributed by atoms with van der Waals surface area (Å²) < 4.78 is 26.4.